The van der Waals surface area contributed by atoms with Crippen LogP contribution in [0.5, 0.6) is 5.75 Å². The smallest absolute Gasteiger partial charge is 0.326 e. The van der Waals surface area contributed by atoms with Crippen molar-refractivity contribution in [1.82, 2.24) is 20.5 Å². The van der Waals surface area contributed by atoms with E-state index in [1.165, 1.54) is 4.90 Å². The highest BCUT2D eigenvalue weighted by molar-refractivity contribution is 6.42. The van der Waals surface area contributed by atoms with Crippen molar-refractivity contribution in [1.29, 1.82) is 0 Å². The molecule has 0 saturated carbocycles. The van der Waals surface area contributed by atoms with E-state index in [0.29, 0.717) is 49.3 Å². The minimum atomic E-state index is -1.28. The SMILES string of the molecule is O=C(O)C(Cc1ccc(-c2ccncc2)cc1)NC(=O)C1C=C2C=C3NC(=O)C(c4ccc(OCc5ccc(Cl)c(Cl)c5)cc4)OC3C=C2CN1C(=O)c1ccccc1. The fraction of sp³-hybridized carbons (Fsp3) is 0.152. The second-order valence-electron chi connectivity index (χ2n) is 14.2. The van der Waals surface area contributed by atoms with Crippen LogP contribution < -0.4 is 15.4 Å². The lowest BCUT2D eigenvalue weighted by atomic mass is 9.88. The number of carbonyl (C=O) groups excluding carboxylic acids is 3. The van der Waals surface area contributed by atoms with Crippen LogP contribution in [-0.4, -0.2) is 63.4 Å². The summed E-state index contributed by atoms with van der Waals surface area (Å²) in [6.07, 6.45) is 7.00. The number of nitrogens with zero attached hydrogens (tertiary/aromatic N) is 2. The van der Waals surface area contributed by atoms with Crippen LogP contribution in [0.1, 0.15) is 33.2 Å². The molecule has 8 rings (SSSR count). The van der Waals surface area contributed by atoms with Crippen molar-refractivity contribution in [2.45, 2.75) is 37.3 Å². The molecule has 0 spiro atoms. The van der Waals surface area contributed by atoms with Crippen molar-refractivity contribution >= 4 is 46.9 Å². The van der Waals surface area contributed by atoms with Gasteiger partial charge in [-0.2, -0.15) is 0 Å². The van der Waals surface area contributed by atoms with Crippen molar-refractivity contribution in [3.8, 4) is 16.9 Å². The van der Waals surface area contributed by atoms with Gasteiger partial charge in [-0.05, 0) is 106 Å². The number of morpholine rings is 1. The second-order valence-corrected chi connectivity index (χ2v) is 15.0. The molecule has 1 aromatic heterocycles. The molecular weight excluding hydrogens is 791 g/mol. The highest BCUT2D eigenvalue weighted by Gasteiger charge is 2.40. The van der Waals surface area contributed by atoms with Gasteiger partial charge in [-0.25, -0.2) is 4.79 Å². The molecule has 2 aliphatic heterocycles. The number of carbonyl (C=O) groups is 4. The predicted molar refractivity (Wildman–Crippen MR) is 221 cm³/mol. The van der Waals surface area contributed by atoms with Crippen molar-refractivity contribution < 1.29 is 33.8 Å². The summed E-state index contributed by atoms with van der Waals surface area (Å²) in [6.45, 7) is 0.296. The Balaban J connectivity index is 0.996. The van der Waals surface area contributed by atoms with Crippen LogP contribution in [-0.2, 0) is 32.1 Å². The van der Waals surface area contributed by atoms with Gasteiger partial charge >= 0.3 is 5.97 Å². The average molecular weight is 828 g/mol. The van der Waals surface area contributed by atoms with E-state index in [1.54, 1.807) is 91.3 Å². The number of hydrogen-bond acceptors (Lipinski definition) is 7. The Kier molecular flexibility index (Phi) is 11.4. The zero-order valence-electron chi connectivity index (χ0n) is 31.3. The Morgan fingerprint density at radius 1 is 0.881 bits per heavy atom. The van der Waals surface area contributed by atoms with E-state index in [-0.39, 0.29) is 25.5 Å². The van der Waals surface area contributed by atoms with E-state index in [4.69, 9.17) is 32.7 Å². The van der Waals surface area contributed by atoms with Crippen LogP contribution in [0.3, 0.4) is 0 Å². The molecule has 4 atom stereocenters. The second kappa shape index (κ2) is 17.1. The number of hydrogen-bond donors (Lipinski definition) is 3. The fourth-order valence-electron chi connectivity index (χ4n) is 7.19. The third-order valence-corrected chi connectivity index (χ3v) is 11.0. The monoisotopic (exact) mass is 826 g/mol. The third-order valence-electron chi connectivity index (χ3n) is 10.3. The highest BCUT2D eigenvalue weighted by Crippen LogP contribution is 2.36. The number of aromatic nitrogens is 1. The first-order valence-corrected chi connectivity index (χ1v) is 19.5. The number of allylic oxidation sites excluding steroid dienone is 1. The molecule has 13 heteroatoms. The number of carboxylic acids is 1. The van der Waals surface area contributed by atoms with Crippen LogP contribution in [0, 0.1) is 0 Å². The topological polar surface area (TPSA) is 147 Å². The van der Waals surface area contributed by atoms with E-state index >= 15 is 0 Å². The summed E-state index contributed by atoms with van der Waals surface area (Å²) in [5, 5.41) is 16.7. The molecule has 3 aliphatic rings. The summed E-state index contributed by atoms with van der Waals surface area (Å²) in [5.74, 6) is -2.08. The van der Waals surface area contributed by atoms with E-state index in [2.05, 4.69) is 15.6 Å². The average Bonchev–Trinajstić information content (AvgIpc) is 3.26. The van der Waals surface area contributed by atoms with Crippen LogP contribution in [0.15, 0.2) is 157 Å². The van der Waals surface area contributed by atoms with Gasteiger partial charge in [-0.3, -0.25) is 19.4 Å². The first-order valence-electron chi connectivity index (χ1n) is 18.8. The number of nitrogens with one attached hydrogen (secondary N) is 2. The number of ether oxygens (including phenoxy) is 2. The van der Waals surface area contributed by atoms with Crippen LogP contribution >= 0.6 is 23.2 Å². The van der Waals surface area contributed by atoms with Gasteiger partial charge in [-0.15, -0.1) is 0 Å². The minimum absolute atomic E-state index is 0.0174. The summed E-state index contributed by atoms with van der Waals surface area (Å²) >= 11 is 12.2. The quantitative estimate of drug-likeness (QED) is 0.126. The summed E-state index contributed by atoms with van der Waals surface area (Å²) in [4.78, 5) is 59.5. The van der Waals surface area contributed by atoms with Gasteiger partial charge in [0.15, 0.2) is 6.10 Å². The molecular formula is C46H36Cl2N4O7. The van der Waals surface area contributed by atoms with Gasteiger partial charge in [-0.1, -0.05) is 83.9 Å². The summed E-state index contributed by atoms with van der Waals surface area (Å²) in [5.41, 5.74) is 6.23. The number of amides is 3. The minimum Gasteiger partial charge on any atom is -0.489 e. The number of benzene rings is 4. The maximum Gasteiger partial charge on any atom is 0.326 e. The molecule has 0 radical (unpaired) electrons. The number of pyridine rings is 1. The highest BCUT2D eigenvalue weighted by atomic mass is 35.5. The van der Waals surface area contributed by atoms with Crippen molar-refractivity contribution in [2.24, 2.45) is 0 Å². The van der Waals surface area contributed by atoms with Crippen LogP contribution in [0.2, 0.25) is 10.0 Å². The summed E-state index contributed by atoms with van der Waals surface area (Å²) in [6, 6.07) is 29.6. The lowest BCUT2D eigenvalue weighted by Gasteiger charge is -2.39. The molecule has 3 heterocycles. The van der Waals surface area contributed by atoms with Gasteiger partial charge in [0.05, 0.1) is 15.7 Å². The number of carboxylic acid groups (broad SMARTS) is 1. The molecule has 1 saturated heterocycles. The Morgan fingerprint density at radius 3 is 2.31 bits per heavy atom. The van der Waals surface area contributed by atoms with Crippen molar-refractivity contribution in [2.75, 3.05) is 6.54 Å². The van der Waals surface area contributed by atoms with E-state index in [9.17, 15) is 24.3 Å². The van der Waals surface area contributed by atoms with Crippen LogP contribution in [0.25, 0.3) is 11.1 Å². The Bertz CT molecular complexity index is 2510. The molecule has 4 unspecified atom stereocenters. The molecule has 11 nitrogen and oxygen atoms in total. The molecule has 0 bridgehead atoms. The molecule has 59 heavy (non-hydrogen) atoms. The van der Waals surface area contributed by atoms with Crippen LogP contribution in [0.4, 0.5) is 0 Å². The predicted octanol–water partition coefficient (Wildman–Crippen LogP) is 7.28. The van der Waals surface area contributed by atoms with Gasteiger partial charge < -0.3 is 30.1 Å². The molecule has 4 aromatic carbocycles. The first kappa shape index (κ1) is 39.3. The van der Waals surface area contributed by atoms with E-state index < -0.39 is 42.1 Å². The Labute approximate surface area is 349 Å². The molecule has 3 N–H and O–H groups in total. The Hall–Kier alpha value is -6.53. The van der Waals surface area contributed by atoms with Gasteiger partial charge in [0, 0.05) is 30.9 Å². The molecule has 5 aromatic rings. The lowest BCUT2D eigenvalue weighted by molar-refractivity contribution is -0.142. The molecule has 1 fully saturated rings. The van der Waals surface area contributed by atoms with Gasteiger partial charge in [0.2, 0.25) is 5.91 Å². The van der Waals surface area contributed by atoms with Crippen molar-refractivity contribution in [3.63, 3.8) is 0 Å². The van der Waals surface area contributed by atoms with Crippen molar-refractivity contribution in [3.05, 3.63) is 189 Å². The number of halogens is 2. The number of rotatable bonds is 11. The standard InChI is InChI=1S/C46H36Cl2N4O7/c47-36-15-8-28(20-37(36)48)26-58-35-13-11-31(12-14-35)42-44(54)50-38-22-33-23-40(52(25-34(33)24-41(38)59-42)45(55)32-4-2-1-3-5-32)43(53)51-39(46(56)57)21-27-6-9-29(10-7-27)30-16-18-49-19-17-30/h1-20,22-24,39-42H,21,25-26H2,(H,50,54)(H,51,53)(H,56,57). The number of fused-ring (bicyclic) bond motifs is 2. The zero-order chi connectivity index (χ0) is 41.0. The zero-order valence-corrected chi connectivity index (χ0v) is 32.8. The largest absolute Gasteiger partial charge is 0.489 e. The van der Waals surface area contributed by atoms with Gasteiger partial charge in [0.1, 0.15) is 30.5 Å². The molecule has 1 aliphatic carbocycles. The molecule has 3 amide bonds. The lowest BCUT2D eigenvalue weighted by Crippen LogP contribution is -2.55. The number of aliphatic carboxylic acids is 1. The normalized spacial score (nSPS) is 18.8. The Morgan fingerprint density at radius 2 is 1.59 bits per heavy atom. The maximum absolute atomic E-state index is 14.1. The summed E-state index contributed by atoms with van der Waals surface area (Å²) < 4.78 is 12.3. The fourth-order valence-corrected chi connectivity index (χ4v) is 7.51. The molecule has 296 valence electrons. The first-order chi connectivity index (χ1) is 28.6. The maximum atomic E-state index is 14.1. The summed E-state index contributed by atoms with van der Waals surface area (Å²) in [7, 11) is 0. The third kappa shape index (κ3) is 8.83. The van der Waals surface area contributed by atoms with Gasteiger partial charge in [0.25, 0.3) is 11.8 Å². The van der Waals surface area contributed by atoms with E-state index in [1.807, 2.05) is 48.5 Å². The van der Waals surface area contributed by atoms with E-state index in [0.717, 1.165) is 16.7 Å².